The zero-order chi connectivity index (χ0) is 16.8. The van der Waals surface area contributed by atoms with E-state index in [-0.39, 0.29) is 18.1 Å². The van der Waals surface area contributed by atoms with Crippen molar-refractivity contribution in [2.45, 2.75) is 25.0 Å². The first-order valence-electron chi connectivity index (χ1n) is 8.15. The third-order valence-corrected chi connectivity index (χ3v) is 4.30. The van der Waals surface area contributed by atoms with Crippen LogP contribution in [0.4, 0.5) is 0 Å². The van der Waals surface area contributed by atoms with Gasteiger partial charge >= 0.3 is 0 Å². The fourth-order valence-electron chi connectivity index (χ4n) is 3.00. The molecule has 0 aliphatic carbocycles. The van der Waals surface area contributed by atoms with E-state index >= 15 is 0 Å². The molecule has 1 aliphatic rings. The van der Waals surface area contributed by atoms with Crippen LogP contribution in [-0.2, 0) is 16.0 Å². The van der Waals surface area contributed by atoms with Crippen molar-refractivity contribution in [3.05, 3.63) is 60.4 Å². The van der Waals surface area contributed by atoms with Crippen molar-refractivity contribution in [3.8, 4) is 5.75 Å². The van der Waals surface area contributed by atoms with E-state index in [1.54, 1.807) is 19.5 Å². The monoisotopic (exact) mass is 326 g/mol. The number of likely N-dealkylation sites (tertiary alicyclic amines) is 1. The molecule has 3 rings (SSSR count). The molecule has 1 saturated heterocycles. The van der Waals surface area contributed by atoms with Crippen molar-refractivity contribution in [1.29, 1.82) is 0 Å². The van der Waals surface area contributed by atoms with Crippen LogP contribution in [0.25, 0.3) is 0 Å². The van der Waals surface area contributed by atoms with Crippen molar-refractivity contribution in [2.75, 3.05) is 20.3 Å². The number of ether oxygens (including phenoxy) is 2. The van der Waals surface area contributed by atoms with Crippen LogP contribution in [0, 0.1) is 0 Å². The van der Waals surface area contributed by atoms with Crippen molar-refractivity contribution in [2.24, 2.45) is 0 Å². The lowest BCUT2D eigenvalue weighted by Crippen LogP contribution is -2.40. The normalized spacial score (nSPS) is 20.1. The van der Waals surface area contributed by atoms with E-state index in [0.29, 0.717) is 25.3 Å². The molecule has 2 heterocycles. The highest BCUT2D eigenvalue weighted by Crippen LogP contribution is 2.22. The van der Waals surface area contributed by atoms with Crippen molar-refractivity contribution >= 4 is 5.91 Å². The number of aromatic nitrogens is 1. The number of hydrogen-bond donors (Lipinski definition) is 0. The molecule has 1 aromatic carbocycles. The lowest BCUT2D eigenvalue weighted by atomic mass is 10.1. The summed E-state index contributed by atoms with van der Waals surface area (Å²) in [6, 6.07) is 13.5. The van der Waals surface area contributed by atoms with Crippen LogP contribution < -0.4 is 4.74 Å². The zero-order valence-corrected chi connectivity index (χ0v) is 13.8. The molecule has 1 amide bonds. The summed E-state index contributed by atoms with van der Waals surface area (Å²) in [5.74, 6) is 0.828. The summed E-state index contributed by atoms with van der Waals surface area (Å²) in [5, 5.41) is 0. The van der Waals surface area contributed by atoms with Gasteiger partial charge in [-0.3, -0.25) is 9.78 Å². The van der Waals surface area contributed by atoms with Gasteiger partial charge in [0.1, 0.15) is 12.4 Å². The summed E-state index contributed by atoms with van der Waals surface area (Å²) in [6.07, 6.45) is 4.64. The first-order chi connectivity index (χ1) is 11.8. The molecule has 5 heteroatoms. The Balaban J connectivity index is 1.63. The summed E-state index contributed by atoms with van der Waals surface area (Å²) in [6.45, 7) is 1.06. The molecule has 0 unspecified atom stereocenters. The van der Waals surface area contributed by atoms with E-state index in [1.807, 2.05) is 47.4 Å². The topological polar surface area (TPSA) is 51.7 Å². The number of benzene rings is 1. The lowest BCUT2D eigenvalue weighted by molar-refractivity contribution is -0.132. The Hall–Kier alpha value is -2.40. The Morgan fingerprint density at radius 3 is 2.79 bits per heavy atom. The number of amides is 1. The second kappa shape index (κ2) is 7.93. The molecule has 0 bridgehead atoms. The molecule has 2 aromatic rings. The largest absolute Gasteiger partial charge is 0.490 e. The van der Waals surface area contributed by atoms with Crippen LogP contribution >= 0.6 is 0 Å². The van der Waals surface area contributed by atoms with Crippen molar-refractivity contribution in [3.63, 3.8) is 0 Å². The van der Waals surface area contributed by atoms with Crippen LogP contribution in [-0.4, -0.2) is 48.2 Å². The maximum Gasteiger partial charge on any atom is 0.227 e. The highest BCUT2D eigenvalue weighted by Gasteiger charge is 2.35. The number of rotatable bonds is 6. The van der Waals surface area contributed by atoms with Gasteiger partial charge in [-0.25, -0.2) is 0 Å². The Bertz CT molecular complexity index is 648. The van der Waals surface area contributed by atoms with E-state index < -0.39 is 0 Å². The van der Waals surface area contributed by atoms with Gasteiger partial charge in [0.25, 0.3) is 0 Å². The van der Waals surface area contributed by atoms with Gasteiger partial charge in [0, 0.05) is 19.9 Å². The van der Waals surface area contributed by atoms with Gasteiger partial charge in [0.05, 0.1) is 24.8 Å². The van der Waals surface area contributed by atoms with Crippen LogP contribution in [0.3, 0.4) is 0 Å². The smallest absolute Gasteiger partial charge is 0.227 e. The molecule has 126 valence electrons. The number of carbonyl (C=O) groups excluding carboxylic acids is 1. The molecule has 1 fully saturated rings. The van der Waals surface area contributed by atoms with Gasteiger partial charge in [0.15, 0.2) is 0 Å². The maximum atomic E-state index is 12.7. The first-order valence-corrected chi connectivity index (χ1v) is 8.15. The summed E-state index contributed by atoms with van der Waals surface area (Å²) >= 11 is 0. The second-order valence-electron chi connectivity index (χ2n) is 5.96. The molecule has 1 aromatic heterocycles. The van der Waals surface area contributed by atoms with Gasteiger partial charge in [0.2, 0.25) is 5.91 Å². The Morgan fingerprint density at radius 2 is 2.08 bits per heavy atom. The predicted octanol–water partition coefficient (Wildman–Crippen LogP) is 2.32. The third kappa shape index (κ3) is 4.11. The number of methoxy groups -OCH3 is 1. The Labute approximate surface area is 142 Å². The lowest BCUT2D eigenvalue weighted by Gasteiger charge is -2.24. The first kappa shape index (κ1) is 16.5. The number of carbonyl (C=O) groups is 1. The Kier molecular flexibility index (Phi) is 5.43. The van der Waals surface area contributed by atoms with E-state index in [2.05, 4.69) is 4.98 Å². The van der Waals surface area contributed by atoms with Crippen molar-refractivity contribution < 1.29 is 14.3 Å². The van der Waals surface area contributed by atoms with Crippen LogP contribution in [0.2, 0.25) is 0 Å². The van der Waals surface area contributed by atoms with Crippen LogP contribution in [0.5, 0.6) is 5.75 Å². The Morgan fingerprint density at radius 1 is 1.25 bits per heavy atom. The van der Waals surface area contributed by atoms with E-state index in [9.17, 15) is 4.79 Å². The molecular formula is C19H22N2O3. The summed E-state index contributed by atoms with van der Waals surface area (Å²) < 4.78 is 11.3. The SMILES string of the molecule is CO[C@@H]1C[C@@H](COc2cccnc2)N(C(=O)Cc2ccccc2)C1. The molecule has 2 atom stereocenters. The third-order valence-electron chi connectivity index (χ3n) is 4.30. The zero-order valence-electron chi connectivity index (χ0n) is 13.8. The van der Waals surface area contributed by atoms with E-state index in [4.69, 9.17) is 9.47 Å². The van der Waals surface area contributed by atoms with Gasteiger partial charge in [-0.2, -0.15) is 0 Å². The van der Waals surface area contributed by atoms with Crippen LogP contribution in [0.1, 0.15) is 12.0 Å². The highest BCUT2D eigenvalue weighted by atomic mass is 16.5. The minimum atomic E-state index is 0.0198. The second-order valence-corrected chi connectivity index (χ2v) is 5.96. The standard InChI is InChI=1S/C19H22N2O3/c1-23-18-11-16(14-24-17-8-5-9-20-12-17)21(13-18)19(22)10-15-6-3-2-4-7-15/h2-9,12,16,18H,10-11,13-14H2,1H3/t16-,18+/m0/s1. The van der Waals surface area contributed by atoms with Gasteiger partial charge < -0.3 is 14.4 Å². The molecule has 0 saturated carbocycles. The molecule has 0 radical (unpaired) electrons. The van der Waals surface area contributed by atoms with Gasteiger partial charge in [-0.05, 0) is 24.1 Å². The number of nitrogens with zero attached hydrogens (tertiary/aromatic N) is 2. The molecule has 24 heavy (non-hydrogen) atoms. The molecule has 0 spiro atoms. The van der Waals surface area contributed by atoms with E-state index in [1.165, 1.54) is 0 Å². The molecule has 5 nitrogen and oxygen atoms in total. The highest BCUT2D eigenvalue weighted by molar-refractivity contribution is 5.79. The molecule has 1 aliphatic heterocycles. The average molecular weight is 326 g/mol. The van der Waals surface area contributed by atoms with Crippen LogP contribution in [0.15, 0.2) is 54.9 Å². The van der Waals surface area contributed by atoms with E-state index in [0.717, 1.165) is 12.0 Å². The number of pyridine rings is 1. The fraction of sp³-hybridized carbons (Fsp3) is 0.368. The molecule has 0 N–H and O–H groups in total. The minimum Gasteiger partial charge on any atom is -0.490 e. The molecular weight excluding hydrogens is 304 g/mol. The van der Waals surface area contributed by atoms with Gasteiger partial charge in [-0.1, -0.05) is 30.3 Å². The summed E-state index contributed by atoms with van der Waals surface area (Å²) in [7, 11) is 1.69. The summed E-state index contributed by atoms with van der Waals surface area (Å²) in [4.78, 5) is 18.6. The number of hydrogen-bond acceptors (Lipinski definition) is 4. The average Bonchev–Trinajstić information content (AvgIpc) is 3.05. The minimum absolute atomic E-state index is 0.0198. The summed E-state index contributed by atoms with van der Waals surface area (Å²) in [5.41, 5.74) is 1.02. The predicted molar refractivity (Wildman–Crippen MR) is 90.8 cm³/mol. The fourth-order valence-corrected chi connectivity index (χ4v) is 3.00. The van der Waals surface area contributed by atoms with Gasteiger partial charge in [-0.15, -0.1) is 0 Å². The van der Waals surface area contributed by atoms with Crippen molar-refractivity contribution in [1.82, 2.24) is 9.88 Å². The maximum absolute atomic E-state index is 12.7. The quantitative estimate of drug-likeness (QED) is 0.817.